The van der Waals surface area contributed by atoms with Crippen LogP contribution in [0.4, 0.5) is 0 Å². The van der Waals surface area contributed by atoms with E-state index in [0.29, 0.717) is 0 Å². The average molecular weight is 289 g/mol. The maximum absolute atomic E-state index is 5.69. The number of aromatic nitrogens is 2. The van der Waals surface area contributed by atoms with Crippen LogP contribution >= 0.6 is 0 Å². The number of fused-ring (bicyclic) bond motifs is 1. The van der Waals surface area contributed by atoms with Gasteiger partial charge in [-0.1, -0.05) is 36.4 Å². The number of aryl methyl sites for hydroxylation is 2. The van der Waals surface area contributed by atoms with Crippen molar-refractivity contribution in [1.82, 2.24) is 4.57 Å². The molecule has 0 saturated carbocycles. The van der Waals surface area contributed by atoms with Crippen molar-refractivity contribution in [2.75, 3.05) is 0 Å². The molecule has 3 heteroatoms. The highest BCUT2D eigenvalue weighted by atomic mass is 16.3. The van der Waals surface area contributed by atoms with Gasteiger partial charge in [0.15, 0.2) is 5.69 Å². The highest BCUT2D eigenvalue weighted by molar-refractivity contribution is 5.61. The van der Waals surface area contributed by atoms with E-state index >= 15 is 0 Å². The second-order valence-electron chi connectivity index (χ2n) is 5.48. The van der Waals surface area contributed by atoms with Crippen molar-refractivity contribution in [3.8, 4) is 17.1 Å². The minimum atomic E-state index is 0.877. The van der Waals surface area contributed by atoms with E-state index < -0.39 is 0 Å². The summed E-state index contributed by atoms with van der Waals surface area (Å²) in [4.78, 5) is 0. The number of nitrogens with zero attached hydrogens (tertiary/aromatic N) is 2. The van der Waals surface area contributed by atoms with Crippen LogP contribution in [0, 0.1) is 13.8 Å². The number of para-hydroxylation sites is 1. The summed E-state index contributed by atoms with van der Waals surface area (Å²) in [6.45, 7) is 4.23. The van der Waals surface area contributed by atoms with Gasteiger partial charge in [0.05, 0.1) is 5.56 Å². The Hall–Kier alpha value is -2.81. The summed E-state index contributed by atoms with van der Waals surface area (Å²) in [6.07, 6.45) is 3.70. The van der Waals surface area contributed by atoms with Crippen LogP contribution in [0.3, 0.4) is 0 Å². The molecule has 0 fully saturated rings. The van der Waals surface area contributed by atoms with Gasteiger partial charge in [0.25, 0.3) is 0 Å². The summed E-state index contributed by atoms with van der Waals surface area (Å²) in [6, 6.07) is 18.8. The molecule has 0 radical (unpaired) electrons. The molecule has 4 aromatic rings. The van der Waals surface area contributed by atoms with Crippen LogP contribution in [-0.4, -0.2) is 4.57 Å². The topological polar surface area (TPSA) is 22.2 Å². The largest absolute Gasteiger partial charge is 0.424 e. The van der Waals surface area contributed by atoms with Crippen LogP contribution in [0.5, 0.6) is 0 Å². The van der Waals surface area contributed by atoms with E-state index in [1.807, 2.05) is 12.3 Å². The van der Waals surface area contributed by atoms with Crippen LogP contribution in [0.15, 0.2) is 71.5 Å². The molecule has 0 N–H and O–H groups in total. The molecule has 0 saturated heterocycles. The van der Waals surface area contributed by atoms with Gasteiger partial charge < -0.3 is 4.42 Å². The fourth-order valence-electron chi connectivity index (χ4n) is 3.03. The van der Waals surface area contributed by atoms with Crippen LogP contribution in [0.2, 0.25) is 0 Å². The van der Waals surface area contributed by atoms with E-state index in [0.717, 1.165) is 22.8 Å². The minimum Gasteiger partial charge on any atom is -0.424 e. The predicted molar refractivity (Wildman–Crippen MR) is 86.1 cm³/mol. The van der Waals surface area contributed by atoms with E-state index in [1.165, 1.54) is 11.3 Å². The second kappa shape index (κ2) is 4.88. The number of benzene rings is 2. The maximum Gasteiger partial charge on any atom is 0.338 e. The Morgan fingerprint density at radius 2 is 1.64 bits per heavy atom. The lowest BCUT2D eigenvalue weighted by atomic mass is 10.1. The van der Waals surface area contributed by atoms with E-state index in [2.05, 4.69) is 71.3 Å². The summed E-state index contributed by atoms with van der Waals surface area (Å²) < 4.78 is 10.1. The molecule has 0 aliphatic carbocycles. The number of hydrogen-bond donors (Lipinski definition) is 0. The second-order valence-corrected chi connectivity index (χ2v) is 5.48. The molecule has 0 unspecified atom stereocenters. The van der Waals surface area contributed by atoms with Gasteiger partial charge in [0.1, 0.15) is 18.1 Å². The third-order valence-corrected chi connectivity index (χ3v) is 4.08. The van der Waals surface area contributed by atoms with Gasteiger partial charge >= 0.3 is 11.5 Å². The van der Waals surface area contributed by atoms with Crippen molar-refractivity contribution in [3.05, 3.63) is 78.3 Å². The molecular formula is C19H17N2O+. The van der Waals surface area contributed by atoms with Crippen molar-refractivity contribution in [2.45, 2.75) is 13.8 Å². The zero-order valence-corrected chi connectivity index (χ0v) is 12.7. The first-order chi connectivity index (χ1) is 10.8. The minimum absolute atomic E-state index is 0.877. The SMILES string of the molecule is Cc1ccccc1-n1c(C)c2occ[n+]2c1-c1ccccc1. The van der Waals surface area contributed by atoms with Crippen molar-refractivity contribution in [3.63, 3.8) is 0 Å². The maximum atomic E-state index is 5.69. The zero-order valence-electron chi connectivity index (χ0n) is 12.7. The van der Waals surface area contributed by atoms with Gasteiger partial charge in [-0.3, -0.25) is 0 Å². The zero-order chi connectivity index (χ0) is 15.1. The molecule has 0 bridgehead atoms. The fourth-order valence-corrected chi connectivity index (χ4v) is 3.03. The van der Waals surface area contributed by atoms with Crippen LogP contribution in [-0.2, 0) is 0 Å². The molecule has 0 spiro atoms. The van der Waals surface area contributed by atoms with E-state index in [4.69, 9.17) is 4.42 Å². The summed E-state index contributed by atoms with van der Waals surface area (Å²) in [7, 11) is 0. The predicted octanol–water partition coefficient (Wildman–Crippen LogP) is 4.09. The molecule has 2 aromatic carbocycles. The third-order valence-electron chi connectivity index (χ3n) is 4.08. The van der Waals surface area contributed by atoms with Gasteiger partial charge in [-0.2, -0.15) is 8.97 Å². The third kappa shape index (κ3) is 1.79. The van der Waals surface area contributed by atoms with Gasteiger partial charge in [-0.15, -0.1) is 0 Å². The molecule has 0 amide bonds. The highest BCUT2D eigenvalue weighted by Crippen LogP contribution is 2.27. The first kappa shape index (κ1) is 12.9. The number of rotatable bonds is 2. The van der Waals surface area contributed by atoms with Crippen molar-refractivity contribution in [2.24, 2.45) is 0 Å². The Morgan fingerprint density at radius 1 is 0.909 bits per heavy atom. The average Bonchev–Trinajstić information content (AvgIpc) is 3.11. The van der Waals surface area contributed by atoms with Crippen LogP contribution in [0.1, 0.15) is 11.3 Å². The van der Waals surface area contributed by atoms with Crippen molar-refractivity contribution < 1.29 is 8.82 Å². The lowest BCUT2D eigenvalue weighted by molar-refractivity contribution is -0.500. The summed E-state index contributed by atoms with van der Waals surface area (Å²) in [5.74, 6) is 1.11. The van der Waals surface area contributed by atoms with Gasteiger partial charge in [0.2, 0.25) is 0 Å². The summed E-state index contributed by atoms with van der Waals surface area (Å²) in [5.41, 5.74) is 5.55. The van der Waals surface area contributed by atoms with E-state index in [-0.39, 0.29) is 0 Å². The molecule has 4 rings (SSSR count). The smallest absolute Gasteiger partial charge is 0.338 e. The van der Waals surface area contributed by atoms with Gasteiger partial charge in [0, 0.05) is 6.92 Å². The standard InChI is InChI=1S/C19H17N2O/c1-14-8-6-7-11-17(14)21-15(2)19-20(12-13-22-19)18(21)16-9-4-3-5-10-16/h3-13H,1-2H3/q+1. The van der Waals surface area contributed by atoms with Crippen LogP contribution in [0.25, 0.3) is 22.8 Å². The quantitative estimate of drug-likeness (QED) is 0.509. The lowest BCUT2D eigenvalue weighted by Crippen LogP contribution is -2.20. The van der Waals surface area contributed by atoms with Crippen molar-refractivity contribution >= 4 is 5.71 Å². The van der Waals surface area contributed by atoms with Crippen LogP contribution < -0.4 is 4.40 Å². The highest BCUT2D eigenvalue weighted by Gasteiger charge is 2.28. The number of hydrogen-bond acceptors (Lipinski definition) is 1. The number of imidazole rings is 1. The first-order valence-electron chi connectivity index (χ1n) is 7.39. The summed E-state index contributed by atoms with van der Waals surface area (Å²) >= 11 is 0. The Balaban J connectivity index is 2.13. The molecule has 0 aliphatic heterocycles. The molecule has 0 atom stereocenters. The molecular weight excluding hydrogens is 272 g/mol. The molecule has 0 aliphatic rings. The Labute approximate surface area is 129 Å². The normalized spacial score (nSPS) is 11.2. The van der Waals surface area contributed by atoms with Gasteiger partial charge in [-0.25, -0.2) is 0 Å². The fraction of sp³-hybridized carbons (Fsp3) is 0.105. The monoisotopic (exact) mass is 289 g/mol. The first-order valence-corrected chi connectivity index (χ1v) is 7.39. The van der Waals surface area contributed by atoms with E-state index in [1.54, 1.807) is 6.26 Å². The molecule has 108 valence electrons. The summed E-state index contributed by atoms with van der Waals surface area (Å²) in [5, 5.41) is 0. The lowest BCUT2D eigenvalue weighted by Gasteiger charge is -2.05. The molecule has 3 nitrogen and oxygen atoms in total. The Bertz CT molecular complexity index is 948. The molecule has 22 heavy (non-hydrogen) atoms. The molecule has 2 aromatic heterocycles. The molecule has 2 heterocycles. The number of oxazole rings is 1. The van der Waals surface area contributed by atoms with Gasteiger partial charge in [-0.05, 0) is 30.7 Å². The Morgan fingerprint density at radius 3 is 2.41 bits per heavy atom. The van der Waals surface area contributed by atoms with Crippen molar-refractivity contribution in [1.29, 1.82) is 0 Å². The Kier molecular flexibility index (Phi) is 2.86. The van der Waals surface area contributed by atoms with E-state index in [9.17, 15) is 0 Å².